The zero-order valence-corrected chi connectivity index (χ0v) is 21.2. The quantitative estimate of drug-likeness (QED) is 0.184. The average Bonchev–Trinajstić information content (AvgIpc) is 3.16. The van der Waals surface area contributed by atoms with Gasteiger partial charge < -0.3 is 18.8 Å². The molecule has 0 spiro atoms. The first-order valence-corrected chi connectivity index (χ1v) is 15.0. The molecule has 0 atom stereocenters. The van der Waals surface area contributed by atoms with Gasteiger partial charge in [-0.25, -0.2) is 13.8 Å². The molecule has 4 rings (SSSR count). The highest BCUT2D eigenvalue weighted by Crippen LogP contribution is 2.45. The second-order valence-electron chi connectivity index (χ2n) is 9.46. The van der Waals surface area contributed by atoms with Crippen LogP contribution in [0.15, 0.2) is 54.7 Å². The summed E-state index contributed by atoms with van der Waals surface area (Å²) in [5.74, 6) is -0.812. The highest BCUT2D eigenvalue weighted by molar-refractivity contribution is 6.76. The Morgan fingerprint density at radius 3 is 2.60 bits per heavy atom. The summed E-state index contributed by atoms with van der Waals surface area (Å²) >= 11 is 0. The summed E-state index contributed by atoms with van der Waals surface area (Å²) in [5, 5.41) is 0.576. The Hall–Kier alpha value is -3.23. The minimum atomic E-state index is -2.79. The predicted octanol–water partition coefficient (Wildman–Crippen LogP) is 6.98. The van der Waals surface area contributed by atoms with Gasteiger partial charge in [-0.05, 0) is 54.6 Å². The number of ether oxygens (including phenoxy) is 3. The number of aromatic nitrogens is 2. The van der Waals surface area contributed by atoms with Crippen LogP contribution < -0.4 is 9.47 Å². The first-order valence-electron chi connectivity index (χ1n) is 12.8. The predicted molar refractivity (Wildman–Crippen MR) is 138 cm³/mol. The smallest absolute Gasteiger partial charge is 0.142 e. The van der Waals surface area contributed by atoms with Gasteiger partial charge in [-0.3, -0.25) is 0 Å². The van der Waals surface area contributed by atoms with Gasteiger partial charge in [0, 0.05) is 43.0 Å². The first kappa shape index (κ1) is 21.1. The monoisotopic (exact) mass is 499 g/mol. The molecule has 2 aromatic heterocycles. The van der Waals surface area contributed by atoms with Crippen LogP contribution in [0.25, 0.3) is 33.4 Å². The Morgan fingerprint density at radius 2 is 1.86 bits per heavy atom. The number of methoxy groups -OCH3 is 2. The molecule has 8 heteroatoms. The molecule has 35 heavy (non-hydrogen) atoms. The Kier molecular flexibility index (Phi) is 6.13. The van der Waals surface area contributed by atoms with Crippen molar-refractivity contribution in [3.63, 3.8) is 0 Å². The van der Waals surface area contributed by atoms with Gasteiger partial charge in [0.1, 0.15) is 35.5 Å². The molecule has 2 heterocycles. The molecule has 0 N–H and O–H groups in total. The van der Waals surface area contributed by atoms with Crippen LogP contribution in [0.5, 0.6) is 11.5 Å². The van der Waals surface area contributed by atoms with Crippen LogP contribution in [0.1, 0.15) is 4.11 Å². The zero-order chi connectivity index (χ0) is 27.7. The van der Waals surface area contributed by atoms with Gasteiger partial charge >= 0.3 is 0 Å². The summed E-state index contributed by atoms with van der Waals surface area (Å²) in [7, 11) is -2.70. The van der Waals surface area contributed by atoms with E-state index in [1.165, 1.54) is 31.4 Å². The van der Waals surface area contributed by atoms with Crippen molar-refractivity contribution in [1.82, 2.24) is 9.55 Å². The minimum absolute atomic E-state index is 0.0304. The normalized spacial score (nSPS) is 13.4. The van der Waals surface area contributed by atoms with Crippen LogP contribution in [0, 0.1) is 11.6 Å². The molecule has 0 aliphatic carbocycles. The fraction of sp³-hybridized carbons (Fsp3) is 0.296. The number of hydrogen-bond donors (Lipinski definition) is 0. The summed E-state index contributed by atoms with van der Waals surface area (Å²) in [6.45, 7) is 7.24. The fourth-order valence-electron chi connectivity index (χ4n) is 3.99. The summed E-state index contributed by atoms with van der Waals surface area (Å²) in [5.41, 5.74) is 1.49. The van der Waals surface area contributed by atoms with Gasteiger partial charge in [0.2, 0.25) is 0 Å². The SMILES string of the molecule is [2H]C([2H])([2H])Oc1ccc(F)cc1-c1c(-c2cc(OC)ccc2F)c2cccnc2n1COCC[Si](C)(C)C. The molecule has 0 amide bonds. The number of rotatable bonds is 9. The lowest BCUT2D eigenvalue weighted by molar-refractivity contribution is 0.0909. The largest absolute Gasteiger partial charge is 0.497 e. The van der Waals surface area contributed by atoms with Crippen LogP contribution >= 0.6 is 0 Å². The number of fused-ring (bicyclic) bond motifs is 1. The molecule has 5 nitrogen and oxygen atoms in total. The molecule has 2 aromatic carbocycles. The van der Waals surface area contributed by atoms with Crippen LogP contribution in [-0.2, 0) is 11.5 Å². The molecule has 0 fully saturated rings. The molecule has 0 saturated heterocycles. The van der Waals surface area contributed by atoms with E-state index in [1.807, 2.05) is 0 Å². The molecule has 0 radical (unpaired) electrons. The van der Waals surface area contributed by atoms with Gasteiger partial charge in [0.15, 0.2) is 0 Å². The average molecular weight is 500 g/mol. The van der Waals surface area contributed by atoms with E-state index in [4.69, 9.17) is 18.3 Å². The molecule has 4 aromatic rings. The van der Waals surface area contributed by atoms with E-state index >= 15 is 4.39 Å². The second-order valence-corrected chi connectivity index (χ2v) is 15.1. The van der Waals surface area contributed by atoms with Gasteiger partial charge in [-0.2, -0.15) is 0 Å². The van der Waals surface area contributed by atoms with Crippen molar-refractivity contribution in [2.75, 3.05) is 20.8 Å². The van der Waals surface area contributed by atoms with E-state index in [1.54, 1.807) is 29.0 Å². The van der Waals surface area contributed by atoms with E-state index in [0.717, 1.165) is 12.1 Å². The lowest BCUT2D eigenvalue weighted by Crippen LogP contribution is -2.22. The van der Waals surface area contributed by atoms with Crippen LogP contribution in [0.2, 0.25) is 25.7 Å². The summed E-state index contributed by atoms with van der Waals surface area (Å²) in [4.78, 5) is 4.53. The molecular formula is C27H30F2N2O3Si. The first-order chi connectivity index (χ1) is 17.9. The third-order valence-corrected chi connectivity index (χ3v) is 7.49. The van der Waals surface area contributed by atoms with Crippen molar-refractivity contribution in [2.24, 2.45) is 0 Å². The Labute approximate surface area is 209 Å². The summed E-state index contributed by atoms with van der Waals surface area (Å²) in [6, 6.07) is 12.3. The maximum absolute atomic E-state index is 15.4. The minimum Gasteiger partial charge on any atom is -0.497 e. The van der Waals surface area contributed by atoms with Crippen LogP contribution in [0.4, 0.5) is 8.78 Å². The molecule has 0 saturated carbocycles. The third kappa shape index (κ3) is 5.23. The summed E-state index contributed by atoms with van der Waals surface area (Å²) < 4.78 is 71.4. The molecule has 184 valence electrons. The van der Waals surface area contributed by atoms with Gasteiger partial charge in [-0.15, -0.1) is 0 Å². The fourth-order valence-corrected chi connectivity index (χ4v) is 4.74. The Balaban J connectivity index is 2.03. The Morgan fingerprint density at radius 1 is 1.03 bits per heavy atom. The number of halogens is 2. The maximum atomic E-state index is 15.4. The maximum Gasteiger partial charge on any atom is 0.142 e. The van der Waals surface area contributed by atoms with Crippen molar-refractivity contribution in [2.45, 2.75) is 32.4 Å². The zero-order valence-electron chi connectivity index (χ0n) is 23.2. The molecular weight excluding hydrogens is 466 g/mol. The molecule has 0 aliphatic heterocycles. The molecule has 0 unspecified atom stereocenters. The summed E-state index contributed by atoms with van der Waals surface area (Å²) in [6.07, 6.45) is 1.60. The van der Waals surface area contributed by atoms with Crippen molar-refractivity contribution in [1.29, 1.82) is 0 Å². The van der Waals surface area contributed by atoms with Gasteiger partial charge in [0.25, 0.3) is 0 Å². The van der Waals surface area contributed by atoms with Crippen LogP contribution in [0.3, 0.4) is 0 Å². The third-order valence-electron chi connectivity index (χ3n) is 5.78. The highest BCUT2D eigenvalue weighted by atomic mass is 28.3. The number of nitrogens with zero attached hydrogens (tertiary/aromatic N) is 2. The van der Waals surface area contributed by atoms with Gasteiger partial charge in [0.05, 0.1) is 24.0 Å². The van der Waals surface area contributed by atoms with Crippen molar-refractivity contribution in [3.8, 4) is 33.9 Å². The van der Waals surface area contributed by atoms with E-state index in [0.29, 0.717) is 34.6 Å². The second kappa shape index (κ2) is 10.2. The lowest BCUT2D eigenvalue weighted by atomic mass is 9.97. The van der Waals surface area contributed by atoms with E-state index in [2.05, 4.69) is 24.6 Å². The number of hydrogen-bond acceptors (Lipinski definition) is 4. The topological polar surface area (TPSA) is 45.5 Å². The Bertz CT molecular complexity index is 1450. The van der Waals surface area contributed by atoms with Gasteiger partial charge in [-0.1, -0.05) is 19.6 Å². The van der Waals surface area contributed by atoms with E-state index in [-0.39, 0.29) is 23.6 Å². The lowest BCUT2D eigenvalue weighted by Gasteiger charge is -2.18. The van der Waals surface area contributed by atoms with Crippen molar-refractivity contribution < 1.29 is 27.1 Å². The van der Waals surface area contributed by atoms with E-state index in [9.17, 15) is 4.39 Å². The standard InChI is InChI=1S/C27H30F2N2O3Si/c1-32-19-9-10-23(29)21(16-19)25-20-7-6-12-30-27(20)31(17-34-13-14-35(3,4)5)26(25)22-15-18(28)8-11-24(22)33-2/h6-12,15-16H,13-14,17H2,1-5H3/i2D3. The molecule has 0 aliphatic rings. The van der Waals surface area contributed by atoms with E-state index < -0.39 is 26.7 Å². The number of benzene rings is 2. The van der Waals surface area contributed by atoms with Crippen LogP contribution in [-0.4, -0.2) is 38.4 Å². The highest BCUT2D eigenvalue weighted by Gasteiger charge is 2.26. The van der Waals surface area contributed by atoms with Crippen molar-refractivity contribution in [3.05, 3.63) is 66.4 Å². The molecule has 0 bridgehead atoms. The number of pyridine rings is 1. The van der Waals surface area contributed by atoms with Crippen molar-refractivity contribution >= 4 is 19.1 Å².